The summed E-state index contributed by atoms with van der Waals surface area (Å²) in [6.07, 6.45) is -3.65. The van der Waals surface area contributed by atoms with Crippen molar-refractivity contribution in [3.8, 4) is 0 Å². The van der Waals surface area contributed by atoms with Crippen molar-refractivity contribution in [2.75, 3.05) is 5.32 Å². The molecule has 1 aliphatic rings. The van der Waals surface area contributed by atoms with E-state index in [1.54, 1.807) is 0 Å². The van der Waals surface area contributed by atoms with Crippen LogP contribution in [0.2, 0.25) is 0 Å². The molecule has 0 aliphatic heterocycles. The summed E-state index contributed by atoms with van der Waals surface area (Å²) in [6, 6.07) is 4.45. The minimum absolute atomic E-state index is 0.00402. The van der Waals surface area contributed by atoms with Crippen LogP contribution in [-0.2, 0) is 27.4 Å². The van der Waals surface area contributed by atoms with Crippen LogP contribution in [0.25, 0.3) is 0 Å². The van der Waals surface area contributed by atoms with Crippen molar-refractivity contribution in [2.24, 2.45) is 0 Å². The quantitative estimate of drug-likeness (QED) is 0.682. The fourth-order valence-electron chi connectivity index (χ4n) is 2.62. The van der Waals surface area contributed by atoms with Crippen molar-refractivity contribution in [2.45, 2.75) is 42.1 Å². The molecule has 1 aromatic carbocycles. The molecule has 1 fully saturated rings. The van der Waals surface area contributed by atoms with E-state index in [9.17, 15) is 40.0 Å². The molecular weight excluding hydrogens is 437 g/mol. The lowest BCUT2D eigenvalue weighted by Gasteiger charge is -2.12. The largest absolute Gasteiger partial charge is 0.421 e. The van der Waals surface area contributed by atoms with Crippen LogP contribution < -0.4 is 10.9 Å². The van der Waals surface area contributed by atoms with Crippen molar-refractivity contribution < 1.29 is 35.2 Å². The summed E-state index contributed by atoms with van der Waals surface area (Å²) >= 11 is 0. The molecule has 30 heavy (non-hydrogen) atoms. The van der Waals surface area contributed by atoms with Crippen LogP contribution in [0.5, 0.6) is 0 Å². The van der Waals surface area contributed by atoms with Crippen LogP contribution in [0.15, 0.2) is 40.0 Å². The summed E-state index contributed by atoms with van der Waals surface area (Å²) in [5.41, 5.74) is -2.83. The molecule has 0 saturated heterocycles. The van der Waals surface area contributed by atoms with E-state index in [0.717, 1.165) is 24.3 Å². The molecule has 13 heteroatoms. The molecule has 162 valence electrons. The lowest BCUT2D eigenvalue weighted by Crippen LogP contribution is -2.35. The van der Waals surface area contributed by atoms with Gasteiger partial charge in [0.2, 0.25) is 15.7 Å². The molecule has 0 unspecified atom stereocenters. The zero-order valence-corrected chi connectivity index (χ0v) is 15.8. The van der Waals surface area contributed by atoms with Crippen LogP contribution in [-0.4, -0.2) is 29.9 Å². The maximum absolute atomic E-state index is 13.1. The number of alkyl halides is 5. The van der Waals surface area contributed by atoms with E-state index in [-0.39, 0.29) is 17.3 Å². The Labute approximate surface area is 166 Å². The highest BCUT2D eigenvalue weighted by Gasteiger charge is 2.37. The van der Waals surface area contributed by atoms with Crippen LogP contribution in [0.4, 0.5) is 27.6 Å². The van der Waals surface area contributed by atoms with Gasteiger partial charge in [-0.2, -0.15) is 27.1 Å². The summed E-state index contributed by atoms with van der Waals surface area (Å²) in [4.78, 5) is 23.6. The highest BCUT2D eigenvalue weighted by atomic mass is 32.2. The Hall–Kier alpha value is -2.83. The number of carbonyl (C=O) groups excluding carboxylic acids is 1. The van der Waals surface area contributed by atoms with Gasteiger partial charge in [0.15, 0.2) is 0 Å². The first kappa shape index (κ1) is 21.9. The highest BCUT2D eigenvalue weighted by Crippen LogP contribution is 2.40. The van der Waals surface area contributed by atoms with Crippen LogP contribution in [0.1, 0.15) is 30.0 Å². The van der Waals surface area contributed by atoms with Crippen molar-refractivity contribution >= 4 is 21.4 Å². The minimum atomic E-state index is -4.91. The number of nitrogens with one attached hydrogen (secondary N) is 1. The third-order valence-electron chi connectivity index (χ3n) is 4.29. The van der Waals surface area contributed by atoms with E-state index in [0.29, 0.717) is 23.6 Å². The number of aromatic nitrogens is 2. The number of carbonyl (C=O) groups is 1. The average molecular weight is 451 g/mol. The Morgan fingerprint density at radius 3 is 2.30 bits per heavy atom. The Bertz CT molecular complexity index is 1120. The van der Waals surface area contributed by atoms with E-state index >= 15 is 0 Å². The first-order valence-electron chi connectivity index (χ1n) is 8.51. The van der Waals surface area contributed by atoms with Gasteiger partial charge >= 0.3 is 11.9 Å². The van der Waals surface area contributed by atoms with Gasteiger partial charge in [0.25, 0.3) is 5.56 Å². The molecule has 1 aromatic heterocycles. The number of amides is 1. The third-order valence-corrected chi connectivity index (χ3v) is 5.69. The Kier molecular flexibility index (Phi) is 5.67. The van der Waals surface area contributed by atoms with E-state index in [1.807, 2.05) is 0 Å². The third kappa shape index (κ3) is 4.66. The van der Waals surface area contributed by atoms with E-state index in [1.165, 1.54) is 0 Å². The monoisotopic (exact) mass is 451 g/mol. The number of benzene rings is 1. The van der Waals surface area contributed by atoms with Gasteiger partial charge in [0.05, 0.1) is 10.6 Å². The second kappa shape index (κ2) is 7.78. The molecular formula is C17H14F5N3O4S. The molecule has 1 N–H and O–H groups in total. The number of nitrogens with zero attached hydrogens (tertiary/aromatic N) is 2. The number of hydrogen-bond donors (Lipinski definition) is 1. The molecule has 0 spiro atoms. The topological polar surface area (TPSA) is 98.1 Å². The molecule has 7 nitrogen and oxygen atoms in total. The smallest absolute Gasteiger partial charge is 0.324 e. The number of sulfone groups is 1. The molecule has 1 saturated carbocycles. The minimum Gasteiger partial charge on any atom is -0.324 e. The molecule has 0 atom stereocenters. The molecule has 1 amide bonds. The van der Waals surface area contributed by atoms with E-state index < -0.39 is 50.2 Å². The number of hydrogen-bond acceptors (Lipinski definition) is 5. The van der Waals surface area contributed by atoms with Gasteiger partial charge in [-0.15, -0.1) is 0 Å². The Morgan fingerprint density at radius 2 is 1.80 bits per heavy atom. The summed E-state index contributed by atoms with van der Waals surface area (Å²) < 4.78 is 87.6. The normalized spacial score (nSPS) is 14.7. The van der Waals surface area contributed by atoms with Gasteiger partial charge in [-0.3, -0.25) is 9.59 Å². The summed E-state index contributed by atoms with van der Waals surface area (Å²) in [5, 5.41) is 6.08. The maximum atomic E-state index is 13.1. The number of rotatable bonds is 6. The predicted octanol–water partition coefficient (Wildman–Crippen LogP) is 2.77. The first-order chi connectivity index (χ1) is 13.9. The zero-order chi connectivity index (χ0) is 22.3. The molecule has 0 radical (unpaired) electrons. The van der Waals surface area contributed by atoms with Crippen molar-refractivity contribution in [1.29, 1.82) is 0 Å². The SMILES string of the molecule is O=C(Cn1nc(C2CC2)cc(C(F)(F)F)c1=O)Nc1ccc(S(=O)(=O)C(F)F)cc1. The predicted molar refractivity (Wildman–Crippen MR) is 93.7 cm³/mol. The van der Waals surface area contributed by atoms with Crippen LogP contribution in [0, 0.1) is 0 Å². The standard InChI is InChI=1S/C17H14F5N3O4S/c18-16(19)30(28,29)11-5-3-10(4-6-11)23-14(26)8-25-15(27)12(17(20,21)22)7-13(24-25)9-1-2-9/h3-7,9,16H,1-2,8H2,(H,23,26). The summed E-state index contributed by atoms with van der Waals surface area (Å²) in [6.45, 7) is -0.820. The van der Waals surface area contributed by atoms with Gasteiger partial charge < -0.3 is 5.32 Å². The average Bonchev–Trinajstić information content (AvgIpc) is 3.48. The van der Waals surface area contributed by atoms with Crippen LogP contribution in [0.3, 0.4) is 0 Å². The van der Waals surface area contributed by atoms with E-state index in [2.05, 4.69) is 10.4 Å². The lowest BCUT2D eigenvalue weighted by atomic mass is 10.2. The fourth-order valence-corrected chi connectivity index (χ4v) is 3.34. The van der Waals surface area contributed by atoms with Gasteiger partial charge in [-0.1, -0.05) is 0 Å². The Morgan fingerprint density at radius 1 is 1.20 bits per heavy atom. The number of anilines is 1. The van der Waals surface area contributed by atoms with Gasteiger partial charge in [-0.05, 0) is 43.2 Å². The highest BCUT2D eigenvalue weighted by molar-refractivity contribution is 7.91. The molecule has 0 bridgehead atoms. The molecule has 1 heterocycles. The van der Waals surface area contributed by atoms with Crippen molar-refractivity contribution in [1.82, 2.24) is 9.78 Å². The zero-order valence-electron chi connectivity index (χ0n) is 15.0. The van der Waals surface area contributed by atoms with Crippen molar-refractivity contribution in [3.05, 3.63) is 51.9 Å². The van der Waals surface area contributed by atoms with Crippen molar-refractivity contribution in [3.63, 3.8) is 0 Å². The second-order valence-corrected chi connectivity index (χ2v) is 8.51. The number of halogens is 5. The summed E-state index contributed by atoms with van der Waals surface area (Å²) in [7, 11) is -4.81. The summed E-state index contributed by atoms with van der Waals surface area (Å²) in [5.74, 6) is -4.72. The second-order valence-electron chi connectivity index (χ2n) is 6.60. The van der Waals surface area contributed by atoms with Crippen LogP contribution >= 0.6 is 0 Å². The van der Waals surface area contributed by atoms with Gasteiger partial charge in [0.1, 0.15) is 12.1 Å². The van der Waals surface area contributed by atoms with Gasteiger partial charge in [-0.25, -0.2) is 13.1 Å². The molecule has 2 aromatic rings. The molecule has 1 aliphatic carbocycles. The maximum Gasteiger partial charge on any atom is 0.421 e. The van der Waals surface area contributed by atoms with E-state index in [4.69, 9.17) is 0 Å². The lowest BCUT2D eigenvalue weighted by molar-refractivity contribution is -0.139. The molecule has 3 rings (SSSR count). The fraction of sp³-hybridized carbons (Fsp3) is 0.353. The van der Waals surface area contributed by atoms with Gasteiger partial charge in [0, 0.05) is 11.6 Å². The Balaban J connectivity index is 1.80. The first-order valence-corrected chi connectivity index (χ1v) is 10.1.